The quantitative estimate of drug-likeness (QED) is 0.463. The fourth-order valence-corrected chi connectivity index (χ4v) is 4.56. The van der Waals surface area contributed by atoms with Crippen LogP contribution in [-0.4, -0.2) is 40.5 Å². The molecule has 3 aromatic heterocycles. The van der Waals surface area contributed by atoms with Gasteiger partial charge in [0.15, 0.2) is 0 Å². The molecule has 2 N–H and O–H groups in total. The Bertz CT molecular complexity index is 1480. The third-order valence-electron chi connectivity index (χ3n) is 6.24. The van der Waals surface area contributed by atoms with Gasteiger partial charge in [0.1, 0.15) is 5.65 Å². The Kier molecular flexibility index (Phi) is 4.51. The fraction of sp³-hybridized carbons (Fsp3) is 0.154. The number of pyridine rings is 2. The van der Waals surface area contributed by atoms with Crippen molar-refractivity contribution in [2.75, 3.05) is 31.1 Å². The summed E-state index contributed by atoms with van der Waals surface area (Å²) in [5.41, 5.74) is 7.25. The summed E-state index contributed by atoms with van der Waals surface area (Å²) in [6.45, 7) is 4.16. The van der Waals surface area contributed by atoms with Crippen molar-refractivity contribution in [3.05, 3.63) is 89.5 Å². The molecule has 0 amide bonds. The molecule has 2 aromatic carbocycles. The lowest BCUT2D eigenvalue weighted by Crippen LogP contribution is -2.43. The number of rotatable bonds is 3. The van der Waals surface area contributed by atoms with Crippen molar-refractivity contribution in [1.29, 1.82) is 0 Å². The number of piperazine rings is 1. The van der Waals surface area contributed by atoms with Crippen molar-refractivity contribution >= 4 is 22.2 Å². The number of nitrogens with zero attached hydrogens (tertiary/aromatic N) is 3. The molecule has 6 nitrogen and oxygen atoms in total. The van der Waals surface area contributed by atoms with Crippen LogP contribution in [0.15, 0.2) is 83.9 Å². The monoisotopic (exact) mass is 421 g/mol. The zero-order valence-corrected chi connectivity index (χ0v) is 17.6. The second-order valence-corrected chi connectivity index (χ2v) is 8.16. The van der Waals surface area contributed by atoms with E-state index in [-0.39, 0.29) is 5.56 Å². The van der Waals surface area contributed by atoms with Gasteiger partial charge in [0.25, 0.3) is 0 Å². The number of anilines is 1. The Labute approximate surface area is 185 Å². The minimum atomic E-state index is -0.0968. The molecule has 0 radical (unpaired) electrons. The van der Waals surface area contributed by atoms with Gasteiger partial charge in [-0.1, -0.05) is 24.3 Å². The van der Waals surface area contributed by atoms with Gasteiger partial charge in [0.05, 0.1) is 11.9 Å². The standard InChI is InChI=1S/C26H23N5O/c32-26-9-8-21-22(2-1-3-23(21)29-26)24-17-28-25-16-19(10-13-31(24)25)18-4-6-20(7-5-18)30-14-11-27-12-15-30/h1-10,13,16-17,27H,11-12,14-15H2,(H,29,32). The van der Waals surface area contributed by atoms with Crippen LogP contribution in [0.25, 0.3) is 38.9 Å². The summed E-state index contributed by atoms with van der Waals surface area (Å²) >= 11 is 0. The molecular weight excluding hydrogens is 398 g/mol. The van der Waals surface area contributed by atoms with Gasteiger partial charge in [-0.05, 0) is 47.5 Å². The molecule has 0 bridgehead atoms. The largest absolute Gasteiger partial charge is 0.369 e. The summed E-state index contributed by atoms with van der Waals surface area (Å²) in [6, 6.07) is 22.4. The van der Waals surface area contributed by atoms with Crippen molar-refractivity contribution in [1.82, 2.24) is 19.7 Å². The molecule has 0 saturated carbocycles. The normalized spacial score (nSPS) is 14.3. The van der Waals surface area contributed by atoms with Gasteiger partial charge in [0, 0.05) is 60.6 Å². The Hall–Kier alpha value is -3.90. The second-order valence-electron chi connectivity index (χ2n) is 8.16. The number of nitrogens with one attached hydrogen (secondary N) is 2. The summed E-state index contributed by atoms with van der Waals surface area (Å²) in [5, 5.41) is 4.40. The van der Waals surface area contributed by atoms with Crippen LogP contribution in [0.1, 0.15) is 0 Å². The highest BCUT2D eigenvalue weighted by Crippen LogP contribution is 2.30. The molecule has 0 aliphatic carbocycles. The predicted molar refractivity (Wildman–Crippen MR) is 129 cm³/mol. The molecule has 5 aromatic rings. The topological polar surface area (TPSA) is 65.4 Å². The van der Waals surface area contributed by atoms with Gasteiger partial charge in [0.2, 0.25) is 5.56 Å². The van der Waals surface area contributed by atoms with E-state index in [0.29, 0.717) is 0 Å². The fourth-order valence-electron chi connectivity index (χ4n) is 4.56. The van der Waals surface area contributed by atoms with E-state index < -0.39 is 0 Å². The van der Waals surface area contributed by atoms with E-state index in [1.165, 1.54) is 11.3 Å². The average Bonchev–Trinajstić information content (AvgIpc) is 3.27. The molecule has 32 heavy (non-hydrogen) atoms. The highest BCUT2D eigenvalue weighted by molar-refractivity contribution is 5.94. The summed E-state index contributed by atoms with van der Waals surface area (Å²) < 4.78 is 2.10. The lowest BCUT2D eigenvalue weighted by Gasteiger charge is -2.29. The molecule has 4 heterocycles. The highest BCUT2D eigenvalue weighted by atomic mass is 16.1. The molecular formula is C26H23N5O. The summed E-state index contributed by atoms with van der Waals surface area (Å²) in [4.78, 5) is 21.7. The second kappa shape index (κ2) is 7.66. The van der Waals surface area contributed by atoms with Gasteiger partial charge in [-0.3, -0.25) is 9.20 Å². The molecule has 0 unspecified atom stereocenters. The van der Waals surface area contributed by atoms with Crippen LogP contribution in [0, 0.1) is 0 Å². The van der Waals surface area contributed by atoms with Crippen LogP contribution in [0.4, 0.5) is 5.69 Å². The van der Waals surface area contributed by atoms with Gasteiger partial charge in [-0.2, -0.15) is 0 Å². The van der Waals surface area contributed by atoms with E-state index in [1.54, 1.807) is 6.07 Å². The Balaban J connectivity index is 1.36. The maximum Gasteiger partial charge on any atom is 0.248 e. The van der Waals surface area contributed by atoms with Crippen LogP contribution >= 0.6 is 0 Å². The van der Waals surface area contributed by atoms with Crippen LogP contribution in [0.5, 0.6) is 0 Å². The van der Waals surface area contributed by atoms with Crippen LogP contribution < -0.4 is 15.8 Å². The van der Waals surface area contributed by atoms with E-state index in [9.17, 15) is 4.79 Å². The Morgan fingerprint density at radius 1 is 0.875 bits per heavy atom. The third-order valence-corrected chi connectivity index (χ3v) is 6.24. The Morgan fingerprint density at radius 2 is 1.72 bits per heavy atom. The third kappa shape index (κ3) is 3.25. The van der Waals surface area contributed by atoms with Gasteiger partial charge in [-0.15, -0.1) is 0 Å². The molecule has 1 saturated heterocycles. The smallest absolute Gasteiger partial charge is 0.248 e. The molecule has 0 spiro atoms. The lowest BCUT2D eigenvalue weighted by molar-refractivity contribution is 0.589. The lowest BCUT2D eigenvalue weighted by atomic mass is 10.1. The SMILES string of the molecule is O=c1ccc2c(-c3cnc4cc(-c5ccc(N6CCNCC6)cc5)ccn34)cccc2[nH]1. The number of fused-ring (bicyclic) bond motifs is 2. The highest BCUT2D eigenvalue weighted by Gasteiger charge is 2.12. The maximum absolute atomic E-state index is 11.7. The zero-order chi connectivity index (χ0) is 21.5. The van der Waals surface area contributed by atoms with Gasteiger partial charge in [-0.25, -0.2) is 4.98 Å². The Morgan fingerprint density at radius 3 is 2.56 bits per heavy atom. The first-order chi connectivity index (χ1) is 15.8. The molecule has 6 rings (SSSR count). The number of hydrogen-bond donors (Lipinski definition) is 2. The van der Waals surface area contributed by atoms with Crippen molar-refractivity contribution in [2.45, 2.75) is 0 Å². The number of benzene rings is 2. The molecule has 158 valence electrons. The van der Waals surface area contributed by atoms with Crippen LogP contribution in [-0.2, 0) is 0 Å². The predicted octanol–water partition coefficient (Wildman–Crippen LogP) is 3.92. The van der Waals surface area contributed by atoms with Crippen LogP contribution in [0.2, 0.25) is 0 Å². The molecule has 0 atom stereocenters. The minimum Gasteiger partial charge on any atom is -0.369 e. The van der Waals surface area contributed by atoms with Crippen molar-refractivity contribution < 1.29 is 0 Å². The summed E-state index contributed by atoms with van der Waals surface area (Å²) in [7, 11) is 0. The number of aromatic nitrogens is 3. The van der Waals surface area contributed by atoms with Gasteiger partial charge >= 0.3 is 0 Å². The van der Waals surface area contributed by atoms with E-state index in [0.717, 1.165) is 59.5 Å². The van der Waals surface area contributed by atoms with Crippen molar-refractivity contribution in [3.8, 4) is 22.4 Å². The number of H-pyrrole nitrogens is 1. The van der Waals surface area contributed by atoms with Crippen molar-refractivity contribution in [2.24, 2.45) is 0 Å². The number of hydrogen-bond acceptors (Lipinski definition) is 4. The first-order valence-corrected chi connectivity index (χ1v) is 10.9. The zero-order valence-electron chi connectivity index (χ0n) is 17.6. The maximum atomic E-state index is 11.7. The molecule has 1 aliphatic rings. The first-order valence-electron chi connectivity index (χ1n) is 10.9. The van der Waals surface area contributed by atoms with E-state index >= 15 is 0 Å². The number of aromatic amines is 1. The summed E-state index contributed by atoms with van der Waals surface area (Å²) in [6.07, 6.45) is 3.97. The number of imidazole rings is 1. The van der Waals surface area contributed by atoms with E-state index in [2.05, 4.69) is 73.2 Å². The average molecular weight is 422 g/mol. The summed E-state index contributed by atoms with van der Waals surface area (Å²) in [5.74, 6) is 0. The molecule has 6 heteroatoms. The minimum absolute atomic E-state index is 0.0968. The van der Waals surface area contributed by atoms with Gasteiger partial charge < -0.3 is 15.2 Å². The van der Waals surface area contributed by atoms with E-state index in [1.807, 2.05) is 24.4 Å². The first kappa shape index (κ1) is 18.8. The van der Waals surface area contributed by atoms with Crippen LogP contribution in [0.3, 0.4) is 0 Å². The molecule has 1 aliphatic heterocycles. The molecule has 1 fully saturated rings. The van der Waals surface area contributed by atoms with Crippen molar-refractivity contribution in [3.63, 3.8) is 0 Å². The van der Waals surface area contributed by atoms with E-state index in [4.69, 9.17) is 0 Å².